The van der Waals surface area contributed by atoms with E-state index in [1.165, 1.54) is 103 Å². The molecule has 9 heteroatoms. The molecule has 0 spiro atoms. The van der Waals surface area contributed by atoms with Crippen LogP contribution >= 0.6 is 0 Å². The van der Waals surface area contributed by atoms with Crippen molar-refractivity contribution in [3.63, 3.8) is 0 Å². The summed E-state index contributed by atoms with van der Waals surface area (Å²) in [5.74, 6) is -2.02. The monoisotopic (exact) mass is 1400 g/mol. The molecule has 0 fully saturated rings. The molecule has 0 aromatic carbocycles. The predicted molar refractivity (Wildman–Crippen MR) is 437 cm³/mol. The Balaban J connectivity index is 4.12. The highest BCUT2D eigenvalue weighted by Crippen LogP contribution is 2.17. The van der Waals surface area contributed by atoms with Gasteiger partial charge in [-0.15, -0.1) is 0 Å². The summed E-state index contributed by atoms with van der Waals surface area (Å²) in [5.41, 5.74) is 0. The molecular weight excluding hydrogens is 1250 g/mol. The van der Waals surface area contributed by atoms with Crippen molar-refractivity contribution >= 4 is 17.9 Å². The molecule has 0 rings (SSSR count). The number of carbonyl (C=O) groups is 3. The van der Waals surface area contributed by atoms with Crippen LogP contribution in [-0.2, 0) is 33.3 Å². The summed E-state index contributed by atoms with van der Waals surface area (Å²) in [6.07, 6.45) is 121. The summed E-state index contributed by atoms with van der Waals surface area (Å²) in [6.45, 7) is 4.64. The van der Waals surface area contributed by atoms with Gasteiger partial charge in [-0.05, 0) is 148 Å². The number of esters is 2. The number of aliphatic carboxylic acids is 1. The summed E-state index contributed by atoms with van der Waals surface area (Å²) < 4.78 is 23.0. The summed E-state index contributed by atoms with van der Waals surface area (Å²) in [5, 5.41) is 9.78. The van der Waals surface area contributed by atoms with E-state index in [0.29, 0.717) is 17.4 Å². The maximum atomic E-state index is 13.0. The van der Waals surface area contributed by atoms with E-state index in [9.17, 15) is 19.5 Å². The summed E-state index contributed by atoms with van der Waals surface area (Å²) in [4.78, 5) is 37.8. The molecule has 0 aliphatic carbocycles. The fraction of sp³-hybridized carbons (Fsp3) is 0.598. The Hall–Kier alpha value is -6.13. The molecule has 0 aromatic rings. The molecule has 0 radical (unpaired) electrons. The van der Waals surface area contributed by atoms with Crippen LogP contribution in [0, 0.1) is 0 Å². The Bertz CT molecular complexity index is 2420. The lowest BCUT2D eigenvalue weighted by Crippen LogP contribution is -2.40. The van der Waals surface area contributed by atoms with Crippen molar-refractivity contribution < 1.29 is 42.9 Å². The second-order valence-corrected chi connectivity index (χ2v) is 27.3. The quantitative estimate of drug-likeness (QED) is 0.0211. The Morgan fingerprint density at radius 1 is 0.297 bits per heavy atom. The van der Waals surface area contributed by atoms with E-state index in [1.54, 1.807) is 0 Å². The van der Waals surface area contributed by atoms with Crippen LogP contribution < -0.4 is 0 Å². The van der Waals surface area contributed by atoms with Crippen LogP contribution in [-0.4, -0.2) is 87.4 Å². The first-order valence-corrected chi connectivity index (χ1v) is 40.2. The van der Waals surface area contributed by atoms with Crippen molar-refractivity contribution in [3.05, 3.63) is 207 Å². The van der Waals surface area contributed by atoms with Crippen LogP contribution in [0.3, 0.4) is 0 Å². The lowest BCUT2D eigenvalue weighted by molar-refractivity contribution is -0.870. The van der Waals surface area contributed by atoms with Crippen LogP contribution in [0.15, 0.2) is 207 Å². The number of hydrogen-bond donors (Lipinski definition) is 1. The second-order valence-electron chi connectivity index (χ2n) is 27.3. The van der Waals surface area contributed by atoms with E-state index in [1.807, 2.05) is 21.1 Å². The van der Waals surface area contributed by atoms with E-state index in [4.69, 9.17) is 18.9 Å². The molecule has 0 saturated heterocycles. The predicted octanol–water partition coefficient (Wildman–Crippen LogP) is 26.3. The third-order valence-corrected chi connectivity index (χ3v) is 16.5. The summed E-state index contributed by atoms with van der Waals surface area (Å²) >= 11 is 0. The lowest BCUT2D eigenvalue weighted by Gasteiger charge is -2.25. The minimum absolute atomic E-state index is 0.178. The number of carboxylic acid groups (broad SMARTS) is 1. The van der Waals surface area contributed by atoms with Gasteiger partial charge >= 0.3 is 17.9 Å². The molecule has 2 atom stereocenters. The highest BCUT2D eigenvalue weighted by atomic mass is 16.7. The van der Waals surface area contributed by atoms with E-state index < -0.39 is 24.3 Å². The normalized spacial score (nSPS) is 13.8. The van der Waals surface area contributed by atoms with E-state index >= 15 is 0 Å². The molecule has 9 nitrogen and oxygen atoms in total. The van der Waals surface area contributed by atoms with Gasteiger partial charge in [0.25, 0.3) is 6.29 Å². The average molecular weight is 1400 g/mol. The van der Waals surface area contributed by atoms with Crippen molar-refractivity contribution in [2.24, 2.45) is 0 Å². The second kappa shape index (κ2) is 79.6. The van der Waals surface area contributed by atoms with Crippen LogP contribution in [0.25, 0.3) is 0 Å². The molecule has 0 bridgehead atoms. The van der Waals surface area contributed by atoms with Crippen molar-refractivity contribution in [1.82, 2.24) is 0 Å². The summed E-state index contributed by atoms with van der Waals surface area (Å²) in [6, 6.07) is 0. The SMILES string of the molecule is CC/C=C\C/C=C\C/C=C\C/C=C\C/C=C\C/C=C\C/C=C\C/C=C\C/C=C\CCCCCCCCCCCCCCCC(=O)OC(COC(=O)CCCCCCCCCCCC/C=C\C/C=C\C/C=C\C/C=C\C/C=C\C/C=C\C/C=C\C/C=C\CC)COC(OCC[N+](C)(C)C)C(=O)O. The van der Waals surface area contributed by atoms with Gasteiger partial charge in [0.15, 0.2) is 6.10 Å². The fourth-order valence-electron chi connectivity index (χ4n) is 10.5. The van der Waals surface area contributed by atoms with E-state index in [2.05, 4.69) is 220 Å². The number of quaternary nitrogens is 1. The first-order chi connectivity index (χ1) is 49.6. The number of hydrogen-bond acceptors (Lipinski definition) is 7. The third-order valence-electron chi connectivity index (χ3n) is 16.5. The molecule has 0 aliphatic rings. The van der Waals surface area contributed by atoms with Gasteiger partial charge in [-0.25, -0.2) is 4.79 Å². The maximum Gasteiger partial charge on any atom is 0.361 e. The van der Waals surface area contributed by atoms with Crippen molar-refractivity contribution in [3.8, 4) is 0 Å². The molecule has 568 valence electrons. The van der Waals surface area contributed by atoms with Gasteiger partial charge in [0.1, 0.15) is 13.2 Å². The van der Waals surface area contributed by atoms with Gasteiger partial charge < -0.3 is 28.5 Å². The molecular formula is C92H148NO8+. The van der Waals surface area contributed by atoms with Gasteiger partial charge in [-0.1, -0.05) is 342 Å². The highest BCUT2D eigenvalue weighted by molar-refractivity contribution is 5.71. The molecule has 1 N–H and O–H groups in total. The van der Waals surface area contributed by atoms with Gasteiger partial charge in [-0.3, -0.25) is 9.59 Å². The topological polar surface area (TPSA) is 108 Å². The van der Waals surface area contributed by atoms with Crippen molar-refractivity contribution in [2.45, 2.75) is 309 Å². The van der Waals surface area contributed by atoms with Gasteiger partial charge in [0.2, 0.25) is 0 Å². The Labute approximate surface area is 620 Å². The van der Waals surface area contributed by atoms with Crippen molar-refractivity contribution in [1.29, 1.82) is 0 Å². The van der Waals surface area contributed by atoms with Gasteiger partial charge in [0, 0.05) is 12.8 Å². The molecule has 2 unspecified atom stereocenters. The molecule has 101 heavy (non-hydrogen) atoms. The lowest BCUT2D eigenvalue weighted by atomic mass is 10.0. The first kappa shape index (κ1) is 94.9. The highest BCUT2D eigenvalue weighted by Gasteiger charge is 2.25. The van der Waals surface area contributed by atoms with Gasteiger partial charge in [-0.2, -0.15) is 0 Å². The third kappa shape index (κ3) is 81.0. The van der Waals surface area contributed by atoms with Crippen molar-refractivity contribution in [2.75, 3.05) is 47.5 Å². The number of rotatable bonds is 72. The Morgan fingerprint density at radius 2 is 0.535 bits per heavy atom. The van der Waals surface area contributed by atoms with Crippen LogP contribution in [0.2, 0.25) is 0 Å². The molecule has 0 aromatic heterocycles. The first-order valence-electron chi connectivity index (χ1n) is 40.2. The molecule has 0 amide bonds. The molecule has 0 heterocycles. The van der Waals surface area contributed by atoms with Gasteiger partial charge in [0.05, 0.1) is 34.4 Å². The number of carbonyl (C=O) groups excluding carboxylic acids is 2. The van der Waals surface area contributed by atoms with E-state index in [-0.39, 0.29) is 38.6 Å². The standard InChI is InChI=1S/C92H147NO8/c1-6-8-10-12-14-16-18-20-22-24-26-28-30-32-34-36-38-40-42-43-44-45-46-47-49-51-53-55-57-59-61-63-65-67-69-71-73-75-77-79-81-83-90(95)101-88(87-100-92(91(96)97)98-85-84-93(3,4)5)86-99-89(94)82-80-78-76-74-72-70-68-66-64-62-60-58-56-54-52-50-48-41-39-37-35-33-31-29-27-25-23-21-19-17-15-13-11-9-7-2/h8-11,14-17,20-23,26-29,32-35,38-41,43-44,46-47,50-53,56,58,88,92H,6-7,12-13,18-19,24-25,30-31,36-37,42,45,48-49,54-55,57,59-87H2,1-5H3/p+1/b10-8-,11-9-,16-14-,17-15-,22-20-,23-21-,28-26-,29-27-,34-32-,35-33-,40-38-,41-39-,44-43-,47-46-,52-50-,53-51-,58-56-. The maximum absolute atomic E-state index is 13.0. The summed E-state index contributed by atoms with van der Waals surface area (Å²) in [7, 11) is 5.97. The zero-order valence-electron chi connectivity index (χ0n) is 65.0. The number of unbranched alkanes of at least 4 members (excludes halogenated alkanes) is 23. The number of allylic oxidation sites excluding steroid dienone is 34. The minimum Gasteiger partial charge on any atom is -0.477 e. The Kier molecular flexibility index (Phi) is 74.7. The zero-order valence-corrected chi connectivity index (χ0v) is 65.0. The smallest absolute Gasteiger partial charge is 0.361 e. The Morgan fingerprint density at radius 3 is 0.792 bits per heavy atom. The number of nitrogens with zero attached hydrogens (tertiary/aromatic N) is 1. The molecule has 0 saturated carbocycles. The van der Waals surface area contributed by atoms with Crippen LogP contribution in [0.4, 0.5) is 0 Å². The number of likely N-dealkylation sites (N-methyl/N-ethyl adjacent to an activating group) is 1. The largest absolute Gasteiger partial charge is 0.477 e. The minimum atomic E-state index is -1.52. The van der Waals surface area contributed by atoms with E-state index in [0.717, 1.165) is 161 Å². The van der Waals surface area contributed by atoms with Crippen LogP contribution in [0.1, 0.15) is 296 Å². The number of ether oxygens (including phenoxy) is 4. The fourth-order valence-corrected chi connectivity index (χ4v) is 10.5. The zero-order chi connectivity index (χ0) is 73.2. The number of carboxylic acids is 1. The average Bonchev–Trinajstić information content (AvgIpc) is 1.21. The molecule has 0 aliphatic heterocycles. The van der Waals surface area contributed by atoms with Crippen LogP contribution in [0.5, 0.6) is 0 Å².